The van der Waals surface area contributed by atoms with Gasteiger partial charge < -0.3 is 10.1 Å². The standard InChI is InChI=1S/C16H26N2O/c1-16(2,3)15(18-11-9-17-10-12-18)13-5-7-14(19-4)8-6-13/h5-8,15,17H,9-12H2,1-4H3/t15-/m0/s1. The second kappa shape index (κ2) is 5.93. The molecule has 1 atom stereocenters. The maximum Gasteiger partial charge on any atom is 0.118 e. The SMILES string of the molecule is COc1ccc([C@H](N2CCNCC2)C(C)(C)C)cc1. The molecule has 0 spiro atoms. The summed E-state index contributed by atoms with van der Waals surface area (Å²) in [4.78, 5) is 2.60. The van der Waals surface area contributed by atoms with Crippen LogP contribution in [0, 0.1) is 5.41 Å². The minimum Gasteiger partial charge on any atom is -0.497 e. The largest absolute Gasteiger partial charge is 0.497 e. The summed E-state index contributed by atoms with van der Waals surface area (Å²) in [5.41, 5.74) is 1.61. The average Bonchev–Trinajstić information content (AvgIpc) is 2.39. The predicted molar refractivity (Wildman–Crippen MR) is 79.6 cm³/mol. The molecule has 1 aliphatic rings. The van der Waals surface area contributed by atoms with E-state index in [0.29, 0.717) is 6.04 Å². The van der Waals surface area contributed by atoms with E-state index in [1.807, 2.05) is 0 Å². The van der Waals surface area contributed by atoms with Crippen LogP contribution >= 0.6 is 0 Å². The van der Waals surface area contributed by atoms with E-state index in [4.69, 9.17) is 4.74 Å². The van der Waals surface area contributed by atoms with Crippen molar-refractivity contribution in [2.24, 2.45) is 5.41 Å². The summed E-state index contributed by atoms with van der Waals surface area (Å²) >= 11 is 0. The van der Waals surface area contributed by atoms with E-state index in [2.05, 4.69) is 55.3 Å². The van der Waals surface area contributed by atoms with Crippen LogP contribution in [-0.4, -0.2) is 38.2 Å². The molecule has 0 amide bonds. The second-order valence-corrected chi connectivity index (χ2v) is 6.33. The number of ether oxygens (including phenoxy) is 1. The molecule has 3 nitrogen and oxygen atoms in total. The Bertz CT molecular complexity index is 388. The van der Waals surface area contributed by atoms with Crippen LogP contribution in [-0.2, 0) is 0 Å². The highest BCUT2D eigenvalue weighted by molar-refractivity contribution is 5.30. The molecule has 1 aromatic carbocycles. The highest BCUT2D eigenvalue weighted by Crippen LogP contribution is 2.38. The van der Waals surface area contributed by atoms with E-state index in [1.165, 1.54) is 5.56 Å². The molecule has 2 rings (SSSR count). The van der Waals surface area contributed by atoms with Crippen molar-refractivity contribution in [1.29, 1.82) is 0 Å². The molecule has 1 saturated heterocycles. The number of nitrogens with one attached hydrogen (secondary N) is 1. The Kier molecular flexibility index (Phi) is 4.48. The first-order chi connectivity index (χ1) is 9.02. The van der Waals surface area contributed by atoms with Crippen molar-refractivity contribution >= 4 is 0 Å². The molecule has 0 aromatic heterocycles. The van der Waals surface area contributed by atoms with Gasteiger partial charge in [0.1, 0.15) is 5.75 Å². The lowest BCUT2D eigenvalue weighted by molar-refractivity contribution is 0.0862. The fourth-order valence-electron chi connectivity index (χ4n) is 2.99. The fraction of sp³-hybridized carbons (Fsp3) is 0.625. The zero-order chi connectivity index (χ0) is 13.9. The highest BCUT2D eigenvalue weighted by atomic mass is 16.5. The van der Waals surface area contributed by atoms with E-state index in [-0.39, 0.29) is 5.41 Å². The van der Waals surface area contributed by atoms with Gasteiger partial charge in [-0.15, -0.1) is 0 Å². The van der Waals surface area contributed by atoms with Crippen molar-refractivity contribution in [2.45, 2.75) is 26.8 Å². The predicted octanol–water partition coefficient (Wildman–Crippen LogP) is 2.69. The summed E-state index contributed by atoms with van der Waals surface area (Å²) in [6, 6.07) is 9.00. The minimum atomic E-state index is 0.228. The maximum atomic E-state index is 5.26. The first-order valence-corrected chi connectivity index (χ1v) is 7.11. The summed E-state index contributed by atoms with van der Waals surface area (Å²) < 4.78 is 5.26. The zero-order valence-electron chi connectivity index (χ0n) is 12.6. The number of hydrogen-bond donors (Lipinski definition) is 1. The Hall–Kier alpha value is -1.06. The molecule has 0 radical (unpaired) electrons. The lowest BCUT2D eigenvalue weighted by atomic mass is 9.81. The lowest BCUT2D eigenvalue weighted by Crippen LogP contribution is -2.48. The molecule has 1 aliphatic heterocycles. The molecular weight excluding hydrogens is 236 g/mol. The normalized spacial score (nSPS) is 19.2. The van der Waals surface area contributed by atoms with Gasteiger partial charge in [-0.25, -0.2) is 0 Å². The first kappa shape index (κ1) is 14.4. The van der Waals surface area contributed by atoms with Crippen LogP contribution in [0.1, 0.15) is 32.4 Å². The van der Waals surface area contributed by atoms with Gasteiger partial charge >= 0.3 is 0 Å². The maximum absolute atomic E-state index is 5.26. The van der Waals surface area contributed by atoms with Gasteiger partial charge in [0.2, 0.25) is 0 Å². The van der Waals surface area contributed by atoms with Gasteiger partial charge in [-0.3, -0.25) is 4.90 Å². The molecule has 1 N–H and O–H groups in total. The van der Waals surface area contributed by atoms with Crippen molar-refractivity contribution in [3.05, 3.63) is 29.8 Å². The summed E-state index contributed by atoms with van der Waals surface area (Å²) in [5, 5.41) is 3.43. The van der Waals surface area contributed by atoms with Crippen LogP contribution in [0.15, 0.2) is 24.3 Å². The Balaban J connectivity index is 2.25. The average molecular weight is 262 g/mol. The number of methoxy groups -OCH3 is 1. The first-order valence-electron chi connectivity index (χ1n) is 7.11. The van der Waals surface area contributed by atoms with Gasteiger partial charge in [-0.05, 0) is 23.1 Å². The number of nitrogens with zero attached hydrogens (tertiary/aromatic N) is 1. The lowest BCUT2D eigenvalue weighted by Gasteiger charge is -2.42. The van der Waals surface area contributed by atoms with E-state index in [1.54, 1.807) is 7.11 Å². The topological polar surface area (TPSA) is 24.5 Å². The van der Waals surface area contributed by atoms with Crippen LogP contribution in [0.25, 0.3) is 0 Å². The van der Waals surface area contributed by atoms with Crippen LogP contribution in [0.2, 0.25) is 0 Å². The molecule has 19 heavy (non-hydrogen) atoms. The van der Waals surface area contributed by atoms with E-state index in [9.17, 15) is 0 Å². The summed E-state index contributed by atoms with van der Waals surface area (Å²) in [6.45, 7) is 11.4. The summed E-state index contributed by atoms with van der Waals surface area (Å²) in [5.74, 6) is 0.928. The third-order valence-electron chi connectivity index (χ3n) is 3.77. The summed E-state index contributed by atoms with van der Waals surface area (Å²) in [6.07, 6.45) is 0. The molecular formula is C16H26N2O. The van der Waals surface area contributed by atoms with Gasteiger partial charge in [0.25, 0.3) is 0 Å². The van der Waals surface area contributed by atoms with E-state index < -0.39 is 0 Å². The van der Waals surface area contributed by atoms with Crippen molar-refractivity contribution in [1.82, 2.24) is 10.2 Å². The zero-order valence-corrected chi connectivity index (χ0v) is 12.6. The Labute approximate surface area is 116 Å². The molecule has 0 bridgehead atoms. The van der Waals surface area contributed by atoms with Crippen molar-refractivity contribution in [3.63, 3.8) is 0 Å². The van der Waals surface area contributed by atoms with Crippen molar-refractivity contribution < 1.29 is 4.74 Å². The van der Waals surface area contributed by atoms with E-state index >= 15 is 0 Å². The summed E-state index contributed by atoms with van der Waals surface area (Å²) in [7, 11) is 1.71. The molecule has 1 fully saturated rings. The van der Waals surface area contributed by atoms with Gasteiger partial charge in [0, 0.05) is 32.2 Å². The van der Waals surface area contributed by atoms with Crippen molar-refractivity contribution in [3.8, 4) is 5.75 Å². The number of piperazine rings is 1. The number of benzene rings is 1. The molecule has 1 heterocycles. The van der Waals surface area contributed by atoms with Crippen molar-refractivity contribution in [2.75, 3.05) is 33.3 Å². The Morgan fingerprint density at radius 3 is 2.16 bits per heavy atom. The molecule has 106 valence electrons. The molecule has 0 aliphatic carbocycles. The van der Waals surface area contributed by atoms with Crippen LogP contribution in [0.5, 0.6) is 5.75 Å². The minimum absolute atomic E-state index is 0.228. The van der Waals surface area contributed by atoms with Gasteiger partial charge in [0.15, 0.2) is 0 Å². The Morgan fingerprint density at radius 2 is 1.68 bits per heavy atom. The second-order valence-electron chi connectivity index (χ2n) is 6.33. The monoisotopic (exact) mass is 262 g/mol. The van der Waals surface area contributed by atoms with E-state index in [0.717, 1.165) is 31.9 Å². The third kappa shape index (κ3) is 3.48. The number of hydrogen-bond acceptors (Lipinski definition) is 3. The third-order valence-corrected chi connectivity index (χ3v) is 3.77. The molecule has 0 saturated carbocycles. The van der Waals surface area contributed by atoms with Gasteiger partial charge in [-0.1, -0.05) is 32.9 Å². The highest BCUT2D eigenvalue weighted by Gasteiger charge is 2.32. The molecule has 3 heteroatoms. The quantitative estimate of drug-likeness (QED) is 0.906. The number of rotatable bonds is 3. The fourth-order valence-corrected chi connectivity index (χ4v) is 2.99. The van der Waals surface area contributed by atoms with Gasteiger partial charge in [0.05, 0.1) is 7.11 Å². The van der Waals surface area contributed by atoms with Gasteiger partial charge in [-0.2, -0.15) is 0 Å². The smallest absolute Gasteiger partial charge is 0.118 e. The van der Waals surface area contributed by atoms with Crippen LogP contribution < -0.4 is 10.1 Å². The molecule has 0 unspecified atom stereocenters. The molecule has 1 aromatic rings. The van der Waals surface area contributed by atoms with Crippen LogP contribution in [0.4, 0.5) is 0 Å². The Morgan fingerprint density at radius 1 is 1.11 bits per heavy atom. The van der Waals surface area contributed by atoms with Crippen LogP contribution in [0.3, 0.4) is 0 Å².